The number of rotatable bonds is 5. The van der Waals surface area contributed by atoms with Crippen LogP contribution in [0.5, 0.6) is 0 Å². The highest BCUT2D eigenvalue weighted by molar-refractivity contribution is 9.08. The zero-order valence-corrected chi connectivity index (χ0v) is 13.5. The Morgan fingerprint density at radius 2 is 2.11 bits per heavy atom. The lowest BCUT2D eigenvalue weighted by molar-refractivity contribution is 0.583. The molecule has 0 saturated heterocycles. The van der Waals surface area contributed by atoms with Crippen LogP contribution >= 0.6 is 27.3 Å². The molecule has 0 unspecified atom stereocenters. The summed E-state index contributed by atoms with van der Waals surface area (Å²) in [5.74, 6) is 0. The molecule has 0 bridgehead atoms. The first kappa shape index (κ1) is 14.6. The van der Waals surface area contributed by atoms with Gasteiger partial charge in [-0.3, -0.25) is 0 Å². The minimum absolute atomic E-state index is 0.252. The zero-order valence-electron chi connectivity index (χ0n) is 10.3. The minimum Gasteiger partial charge on any atom is -0.249 e. The largest absolute Gasteiger partial charge is 0.251 e. The lowest BCUT2D eigenvalue weighted by Crippen LogP contribution is -2.22. The van der Waals surface area contributed by atoms with Gasteiger partial charge in [0.1, 0.15) is 0 Å². The van der Waals surface area contributed by atoms with E-state index in [0.717, 1.165) is 21.5 Å². The molecule has 1 heterocycles. The Labute approximate surface area is 125 Å². The average Bonchev–Trinajstić information content (AvgIpc) is 2.84. The molecule has 4 nitrogen and oxygen atoms in total. The molecule has 2 rings (SSSR count). The number of sulfonamides is 1. The van der Waals surface area contributed by atoms with Crippen molar-refractivity contribution < 1.29 is 8.42 Å². The van der Waals surface area contributed by atoms with Crippen molar-refractivity contribution in [2.24, 2.45) is 0 Å². The molecular weight excluding hydrogens is 348 g/mol. The molecule has 19 heavy (non-hydrogen) atoms. The summed E-state index contributed by atoms with van der Waals surface area (Å²) in [6.45, 7) is 2.06. The van der Waals surface area contributed by atoms with Crippen molar-refractivity contribution in [2.45, 2.75) is 23.0 Å². The van der Waals surface area contributed by atoms with E-state index in [0.29, 0.717) is 0 Å². The van der Waals surface area contributed by atoms with E-state index in [9.17, 15) is 8.42 Å². The molecule has 1 aromatic heterocycles. The number of halogens is 1. The fourth-order valence-corrected chi connectivity index (χ4v) is 4.06. The van der Waals surface area contributed by atoms with Crippen molar-refractivity contribution in [2.75, 3.05) is 0 Å². The summed E-state index contributed by atoms with van der Waals surface area (Å²) in [7, 11) is -3.46. The van der Waals surface area contributed by atoms with Crippen LogP contribution in [0.25, 0.3) is 0 Å². The van der Waals surface area contributed by atoms with Crippen molar-refractivity contribution in [3.05, 3.63) is 46.6 Å². The molecular formula is C12H13BrN2O2S2. The Bertz CT molecular complexity index is 668. The topological polar surface area (TPSA) is 59.1 Å². The fourth-order valence-electron chi connectivity index (χ4n) is 1.54. The van der Waals surface area contributed by atoms with E-state index in [1.807, 2.05) is 24.3 Å². The number of aryl methyl sites for hydroxylation is 1. The molecule has 1 N–H and O–H groups in total. The van der Waals surface area contributed by atoms with E-state index in [2.05, 4.69) is 25.6 Å². The first-order valence-corrected chi connectivity index (χ1v) is 8.99. The highest BCUT2D eigenvalue weighted by Crippen LogP contribution is 2.18. The van der Waals surface area contributed by atoms with E-state index < -0.39 is 10.0 Å². The third kappa shape index (κ3) is 3.85. The van der Waals surface area contributed by atoms with Crippen molar-refractivity contribution >= 4 is 37.3 Å². The van der Waals surface area contributed by atoms with Crippen LogP contribution in [0.3, 0.4) is 0 Å². The van der Waals surface area contributed by atoms with Gasteiger partial charge >= 0.3 is 0 Å². The highest BCUT2D eigenvalue weighted by atomic mass is 79.9. The molecule has 1 aromatic carbocycles. The minimum atomic E-state index is -3.46. The smallest absolute Gasteiger partial charge is 0.249 e. The monoisotopic (exact) mass is 360 g/mol. The van der Waals surface area contributed by atoms with E-state index in [1.165, 1.54) is 17.5 Å². The fraction of sp³-hybridized carbons (Fsp3) is 0.250. The summed E-state index contributed by atoms with van der Waals surface area (Å²) in [5, 5.41) is 1.49. The number of alkyl halides is 1. The second kappa shape index (κ2) is 6.13. The van der Waals surface area contributed by atoms with Gasteiger partial charge in [0.2, 0.25) is 0 Å². The molecule has 0 radical (unpaired) electrons. The molecule has 102 valence electrons. The van der Waals surface area contributed by atoms with Gasteiger partial charge in [0.05, 0.1) is 11.2 Å². The number of aromatic nitrogens is 1. The highest BCUT2D eigenvalue weighted by Gasteiger charge is 2.16. The van der Waals surface area contributed by atoms with Gasteiger partial charge in [-0.1, -0.05) is 40.2 Å². The summed E-state index contributed by atoms with van der Waals surface area (Å²) in [5.41, 5.74) is 2.05. The molecule has 0 spiro atoms. The molecule has 0 amide bonds. The van der Waals surface area contributed by atoms with Crippen LogP contribution in [-0.2, 0) is 21.9 Å². The van der Waals surface area contributed by atoms with Crippen molar-refractivity contribution in [3.63, 3.8) is 0 Å². The van der Waals surface area contributed by atoms with Crippen LogP contribution in [0, 0.1) is 6.92 Å². The van der Waals surface area contributed by atoms with Crippen LogP contribution in [0.1, 0.15) is 16.1 Å². The number of nitrogens with one attached hydrogen (secondary N) is 1. The molecule has 0 saturated carbocycles. The number of hydrogen-bond donors (Lipinski definition) is 1. The zero-order chi connectivity index (χ0) is 13.9. The summed E-state index contributed by atoms with van der Waals surface area (Å²) in [6.07, 6.45) is 1.39. The van der Waals surface area contributed by atoms with Gasteiger partial charge in [-0.25, -0.2) is 18.1 Å². The third-order valence-corrected chi connectivity index (χ3v) is 5.90. The Kier molecular flexibility index (Phi) is 4.72. The van der Waals surface area contributed by atoms with Crippen molar-refractivity contribution in [3.8, 4) is 0 Å². The van der Waals surface area contributed by atoms with Crippen LogP contribution in [0.4, 0.5) is 0 Å². The van der Waals surface area contributed by atoms with Gasteiger partial charge in [-0.15, -0.1) is 11.3 Å². The number of nitrogens with zero attached hydrogens (tertiary/aromatic N) is 1. The molecule has 0 aliphatic heterocycles. The number of benzene rings is 1. The van der Waals surface area contributed by atoms with E-state index in [4.69, 9.17) is 0 Å². The van der Waals surface area contributed by atoms with Gasteiger partial charge < -0.3 is 0 Å². The Balaban J connectivity index is 2.09. The van der Waals surface area contributed by atoms with Crippen LogP contribution < -0.4 is 4.72 Å². The van der Waals surface area contributed by atoms with E-state index in [1.54, 1.807) is 6.92 Å². The van der Waals surface area contributed by atoms with Crippen LogP contribution in [-0.4, -0.2) is 13.4 Å². The first-order valence-electron chi connectivity index (χ1n) is 5.57. The molecule has 0 atom stereocenters. The molecule has 7 heteroatoms. The Hall–Kier alpha value is -0.760. The maximum absolute atomic E-state index is 12.0. The first-order chi connectivity index (χ1) is 9.01. The molecule has 0 aliphatic carbocycles. The predicted octanol–water partition coefficient (Wildman–Crippen LogP) is 2.82. The third-order valence-electron chi connectivity index (χ3n) is 2.48. The molecule has 0 aliphatic rings. The molecule has 2 aromatic rings. The summed E-state index contributed by atoms with van der Waals surface area (Å²) in [4.78, 5) is 3.96. The van der Waals surface area contributed by atoms with Crippen LogP contribution in [0.15, 0.2) is 34.7 Å². The quantitative estimate of drug-likeness (QED) is 0.834. The lowest BCUT2D eigenvalue weighted by atomic mass is 10.1. The maximum Gasteiger partial charge on any atom is 0.251 e. The summed E-state index contributed by atoms with van der Waals surface area (Å²) >= 11 is 4.54. The van der Waals surface area contributed by atoms with Gasteiger partial charge in [0.15, 0.2) is 4.21 Å². The predicted molar refractivity (Wildman–Crippen MR) is 79.9 cm³/mol. The lowest BCUT2D eigenvalue weighted by Gasteiger charge is -2.05. The van der Waals surface area contributed by atoms with E-state index >= 15 is 0 Å². The van der Waals surface area contributed by atoms with Gasteiger partial charge in [0, 0.05) is 11.9 Å². The second-order valence-corrected chi connectivity index (χ2v) is 7.77. The van der Waals surface area contributed by atoms with E-state index in [-0.39, 0.29) is 10.8 Å². The maximum atomic E-state index is 12.0. The normalized spacial score (nSPS) is 11.7. The van der Waals surface area contributed by atoms with Gasteiger partial charge in [0.25, 0.3) is 10.0 Å². The Morgan fingerprint density at radius 3 is 2.74 bits per heavy atom. The average molecular weight is 361 g/mol. The number of thiazole rings is 1. The second-order valence-electron chi connectivity index (χ2n) is 3.98. The Morgan fingerprint density at radius 1 is 1.37 bits per heavy atom. The van der Waals surface area contributed by atoms with Crippen molar-refractivity contribution in [1.29, 1.82) is 0 Å². The van der Waals surface area contributed by atoms with Gasteiger partial charge in [-0.2, -0.15) is 0 Å². The number of hydrogen-bond acceptors (Lipinski definition) is 4. The standard InChI is InChI=1S/C12H13BrN2O2S2/c1-9-14-8-12(18-9)19(16,17)15-7-11-4-2-3-10(5-11)6-13/h2-5,8,15H,6-7H2,1H3. The summed E-state index contributed by atoms with van der Waals surface area (Å²) in [6, 6.07) is 7.76. The SMILES string of the molecule is Cc1ncc(S(=O)(=O)NCc2cccc(CBr)c2)s1. The van der Waals surface area contributed by atoms with Gasteiger partial charge in [-0.05, 0) is 18.1 Å². The molecule has 0 fully saturated rings. The van der Waals surface area contributed by atoms with Crippen LogP contribution in [0.2, 0.25) is 0 Å². The van der Waals surface area contributed by atoms with Crippen molar-refractivity contribution in [1.82, 2.24) is 9.71 Å². The summed E-state index contributed by atoms with van der Waals surface area (Å²) < 4.78 is 26.9.